The number of nitriles is 2. The van der Waals surface area contributed by atoms with Gasteiger partial charge in [0.05, 0.1) is 30.1 Å². The fourth-order valence-electron chi connectivity index (χ4n) is 4.27. The van der Waals surface area contributed by atoms with Gasteiger partial charge in [-0.2, -0.15) is 10.5 Å². The Bertz CT molecular complexity index is 417. The van der Waals surface area contributed by atoms with Crippen LogP contribution in [-0.2, 0) is 0 Å². The van der Waals surface area contributed by atoms with E-state index in [-0.39, 0.29) is 17.3 Å². The highest BCUT2D eigenvalue weighted by molar-refractivity contribution is 5.22. The molecule has 2 bridgehead atoms. The zero-order valence-electron chi connectivity index (χ0n) is 10.8. The lowest BCUT2D eigenvalue weighted by molar-refractivity contribution is -0.115. The third-order valence-electron chi connectivity index (χ3n) is 5.98. The predicted octanol–water partition coefficient (Wildman–Crippen LogP) is 2.62. The maximum absolute atomic E-state index is 11.0. The van der Waals surface area contributed by atoms with E-state index >= 15 is 0 Å². The number of rotatable bonds is 2. The van der Waals surface area contributed by atoms with Crippen molar-refractivity contribution in [3.63, 3.8) is 0 Å². The highest BCUT2D eigenvalue weighted by atomic mass is 16.3. The summed E-state index contributed by atoms with van der Waals surface area (Å²) in [6, 6.07) is 4.20. The summed E-state index contributed by atoms with van der Waals surface area (Å²) >= 11 is 0. The molecule has 2 rings (SSSR count). The molecule has 0 heterocycles. The van der Waals surface area contributed by atoms with E-state index in [9.17, 15) is 10.4 Å². The predicted molar refractivity (Wildman–Crippen MR) is 63.5 cm³/mol. The fourth-order valence-corrected chi connectivity index (χ4v) is 4.27. The first-order valence-corrected chi connectivity index (χ1v) is 6.32. The SMILES string of the molecule is CC1(C)C2CCC1(C)C(O)(C(C#N)CC#N)C2. The Morgan fingerprint density at radius 3 is 2.35 bits per heavy atom. The van der Waals surface area contributed by atoms with Crippen LogP contribution in [-0.4, -0.2) is 10.7 Å². The van der Waals surface area contributed by atoms with Crippen molar-refractivity contribution in [1.82, 2.24) is 0 Å². The summed E-state index contributed by atoms with van der Waals surface area (Å²) in [6.07, 6.45) is 2.91. The Balaban J connectivity index is 2.43. The average Bonchev–Trinajstić information content (AvgIpc) is 2.57. The molecule has 0 aromatic carbocycles. The van der Waals surface area contributed by atoms with Gasteiger partial charge in [-0.25, -0.2) is 0 Å². The van der Waals surface area contributed by atoms with Crippen LogP contribution in [0.3, 0.4) is 0 Å². The van der Waals surface area contributed by atoms with Crippen LogP contribution >= 0.6 is 0 Å². The number of hydrogen-bond acceptors (Lipinski definition) is 3. The summed E-state index contributed by atoms with van der Waals surface area (Å²) < 4.78 is 0. The zero-order chi connectivity index (χ0) is 12.9. The lowest BCUT2D eigenvalue weighted by Gasteiger charge is -2.47. The van der Waals surface area contributed by atoms with Crippen LogP contribution in [0.15, 0.2) is 0 Å². The van der Waals surface area contributed by atoms with E-state index in [0.717, 1.165) is 12.8 Å². The van der Waals surface area contributed by atoms with E-state index in [1.807, 2.05) is 6.07 Å². The van der Waals surface area contributed by atoms with E-state index in [4.69, 9.17) is 5.26 Å². The van der Waals surface area contributed by atoms with Crippen LogP contribution in [0.5, 0.6) is 0 Å². The maximum Gasteiger partial charge on any atom is 0.0885 e. The van der Waals surface area contributed by atoms with Gasteiger partial charge in [-0.05, 0) is 30.6 Å². The third-order valence-corrected chi connectivity index (χ3v) is 5.98. The third kappa shape index (κ3) is 1.24. The Morgan fingerprint density at radius 2 is 2.00 bits per heavy atom. The van der Waals surface area contributed by atoms with Crippen LogP contribution in [0.4, 0.5) is 0 Å². The van der Waals surface area contributed by atoms with Crippen molar-refractivity contribution in [1.29, 1.82) is 10.5 Å². The summed E-state index contributed by atoms with van der Waals surface area (Å²) in [4.78, 5) is 0. The summed E-state index contributed by atoms with van der Waals surface area (Å²) in [5.74, 6) is -0.0749. The van der Waals surface area contributed by atoms with Gasteiger partial charge in [0.2, 0.25) is 0 Å². The van der Waals surface area contributed by atoms with Gasteiger partial charge < -0.3 is 5.11 Å². The minimum atomic E-state index is -0.982. The minimum absolute atomic E-state index is 0.0618. The van der Waals surface area contributed by atoms with Crippen molar-refractivity contribution in [2.24, 2.45) is 22.7 Å². The van der Waals surface area contributed by atoms with Gasteiger partial charge in [0.15, 0.2) is 0 Å². The Morgan fingerprint density at radius 1 is 1.35 bits per heavy atom. The van der Waals surface area contributed by atoms with Crippen molar-refractivity contribution in [2.75, 3.05) is 0 Å². The largest absolute Gasteiger partial charge is 0.388 e. The molecule has 0 aromatic heterocycles. The molecular formula is C14H20N2O. The van der Waals surface area contributed by atoms with Gasteiger partial charge in [-0.1, -0.05) is 20.8 Å². The summed E-state index contributed by atoms with van der Waals surface area (Å²) in [5.41, 5.74) is -1.15. The molecule has 17 heavy (non-hydrogen) atoms. The molecule has 0 amide bonds. The molecular weight excluding hydrogens is 212 g/mol. The second-order valence-corrected chi connectivity index (χ2v) is 6.46. The smallest absolute Gasteiger partial charge is 0.0885 e. The van der Waals surface area contributed by atoms with E-state index < -0.39 is 11.5 Å². The lowest BCUT2D eigenvalue weighted by atomic mass is 9.60. The van der Waals surface area contributed by atoms with Crippen molar-refractivity contribution >= 4 is 0 Å². The molecule has 0 radical (unpaired) electrons. The van der Waals surface area contributed by atoms with E-state index in [1.54, 1.807) is 0 Å². The van der Waals surface area contributed by atoms with Gasteiger partial charge in [0, 0.05) is 5.41 Å². The average molecular weight is 232 g/mol. The molecule has 92 valence electrons. The zero-order valence-corrected chi connectivity index (χ0v) is 10.8. The topological polar surface area (TPSA) is 67.8 Å². The van der Waals surface area contributed by atoms with E-state index in [2.05, 4.69) is 26.8 Å². The molecule has 4 unspecified atom stereocenters. The van der Waals surface area contributed by atoms with Crippen molar-refractivity contribution in [3.8, 4) is 12.1 Å². The second kappa shape index (κ2) is 3.47. The van der Waals surface area contributed by atoms with Gasteiger partial charge in [-0.3, -0.25) is 0 Å². The monoisotopic (exact) mass is 232 g/mol. The molecule has 2 fully saturated rings. The fraction of sp³-hybridized carbons (Fsp3) is 0.857. The maximum atomic E-state index is 11.0. The standard InChI is InChI=1S/C14H20N2O/c1-12(2)10-4-6-13(12,3)14(17,8-10)11(9-16)5-7-15/h10-11,17H,4-6,8H2,1-3H3. The van der Waals surface area contributed by atoms with Crippen LogP contribution < -0.4 is 0 Å². The van der Waals surface area contributed by atoms with Gasteiger partial charge in [-0.15, -0.1) is 0 Å². The quantitative estimate of drug-likeness (QED) is 0.795. The molecule has 0 aromatic rings. The minimum Gasteiger partial charge on any atom is -0.388 e. The Hall–Kier alpha value is -1.06. The van der Waals surface area contributed by atoms with Gasteiger partial charge >= 0.3 is 0 Å². The van der Waals surface area contributed by atoms with Crippen LogP contribution in [0.1, 0.15) is 46.5 Å². The number of hydrogen-bond donors (Lipinski definition) is 1. The highest BCUT2D eigenvalue weighted by Crippen LogP contribution is 2.71. The summed E-state index contributed by atoms with van der Waals surface area (Å²) in [7, 11) is 0. The van der Waals surface area contributed by atoms with E-state index in [1.165, 1.54) is 0 Å². The molecule has 0 saturated heterocycles. The number of fused-ring (bicyclic) bond motifs is 2. The van der Waals surface area contributed by atoms with Crippen molar-refractivity contribution < 1.29 is 5.11 Å². The first kappa shape index (κ1) is 12.4. The van der Waals surface area contributed by atoms with Crippen LogP contribution in [0.25, 0.3) is 0 Å². The van der Waals surface area contributed by atoms with Gasteiger partial charge in [0.1, 0.15) is 0 Å². The molecule has 0 spiro atoms. The first-order valence-electron chi connectivity index (χ1n) is 6.32. The number of nitrogens with zero attached hydrogens (tertiary/aromatic N) is 2. The first-order chi connectivity index (χ1) is 7.83. The number of aliphatic hydroxyl groups is 1. The van der Waals surface area contributed by atoms with Crippen molar-refractivity contribution in [2.45, 2.75) is 52.1 Å². The molecule has 2 aliphatic rings. The van der Waals surface area contributed by atoms with Crippen LogP contribution in [0, 0.1) is 45.3 Å². The van der Waals surface area contributed by atoms with Gasteiger partial charge in [0.25, 0.3) is 0 Å². The molecule has 3 heteroatoms. The molecule has 2 aliphatic carbocycles. The Labute approximate surface area is 103 Å². The van der Waals surface area contributed by atoms with Crippen LogP contribution in [0.2, 0.25) is 0 Å². The molecule has 0 aliphatic heterocycles. The second-order valence-electron chi connectivity index (χ2n) is 6.46. The van der Waals surface area contributed by atoms with Crippen molar-refractivity contribution in [3.05, 3.63) is 0 Å². The van der Waals surface area contributed by atoms with E-state index in [0.29, 0.717) is 12.3 Å². The molecule has 2 saturated carbocycles. The molecule has 4 atom stereocenters. The molecule has 1 N–H and O–H groups in total. The molecule has 3 nitrogen and oxygen atoms in total. The summed E-state index contributed by atoms with van der Waals surface area (Å²) in [6.45, 7) is 6.49. The Kier molecular flexibility index (Phi) is 2.53. The normalized spacial score (nSPS) is 44.0. The lowest BCUT2D eigenvalue weighted by Crippen LogP contribution is -2.51. The highest BCUT2D eigenvalue weighted by Gasteiger charge is 2.70. The summed E-state index contributed by atoms with van der Waals surface area (Å²) in [5, 5.41) is 29.0.